The number of halogens is 4. The SMILES string of the molecule is O=P1(c2c(F)c(F)cc(F)c2F)OCCO1. The highest BCUT2D eigenvalue weighted by atomic mass is 31.2. The predicted octanol–water partition coefficient (Wildman–Crippen LogP) is 2.11. The maximum Gasteiger partial charge on any atom is 0.367 e. The molecule has 0 aliphatic carbocycles. The number of hydrogen-bond acceptors (Lipinski definition) is 3. The van der Waals surface area contributed by atoms with Gasteiger partial charge in [-0.05, 0) is 0 Å². The first-order valence-corrected chi connectivity index (χ1v) is 5.72. The van der Waals surface area contributed by atoms with Gasteiger partial charge in [-0.2, -0.15) is 0 Å². The molecule has 0 bridgehead atoms. The van der Waals surface area contributed by atoms with Crippen LogP contribution < -0.4 is 5.30 Å². The molecule has 0 unspecified atom stereocenters. The lowest BCUT2D eigenvalue weighted by molar-refractivity contribution is 0.358. The Morgan fingerprint density at radius 2 is 1.44 bits per heavy atom. The fourth-order valence-corrected chi connectivity index (χ4v) is 2.94. The molecular weight excluding hydrogens is 251 g/mol. The molecule has 0 spiro atoms. The van der Waals surface area contributed by atoms with Gasteiger partial charge in [0.25, 0.3) is 0 Å². The Kier molecular flexibility index (Phi) is 2.77. The molecule has 0 radical (unpaired) electrons. The van der Waals surface area contributed by atoms with Crippen LogP contribution in [0.15, 0.2) is 6.07 Å². The zero-order valence-electron chi connectivity index (χ0n) is 7.68. The largest absolute Gasteiger partial charge is 0.367 e. The fraction of sp³-hybridized carbons (Fsp3) is 0.250. The van der Waals surface area contributed by atoms with E-state index in [2.05, 4.69) is 9.05 Å². The van der Waals surface area contributed by atoms with Crippen LogP contribution in [0, 0.1) is 23.3 Å². The number of benzene rings is 1. The van der Waals surface area contributed by atoms with Crippen molar-refractivity contribution in [3.63, 3.8) is 0 Å². The van der Waals surface area contributed by atoms with Crippen LogP contribution in [0.2, 0.25) is 0 Å². The first-order valence-electron chi connectivity index (χ1n) is 4.18. The van der Waals surface area contributed by atoms with Gasteiger partial charge in [0, 0.05) is 6.07 Å². The maximum atomic E-state index is 13.2. The van der Waals surface area contributed by atoms with Crippen molar-refractivity contribution in [1.82, 2.24) is 0 Å². The van der Waals surface area contributed by atoms with Crippen LogP contribution in [-0.4, -0.2) is 13.2 Å². The van der Waals surface area contributed by atoms with E-state index in [1.165, 1.54) is 0 Å². The molecule has 0 atom stereocenters. The predicted molar refractivity (Wildman–Crippen MR) is 45.4 cm³/mol. The Bertz CT molecular complexity index is 454. The minimum Gasteiger partial charge on any atom is -0.303 e. The summed E-state index contributed by atoms with van der Waals surface area (Å²) in [6.45, 7) is -0.317. The zero-order chi connectivity index (χ0) is 11.9. The lowest BCUT2D eigenvalue weighted by Crippen LogP contribution is -2.19. The van der Waals surface area contributed by atoms with Crippen molar-refractivity contribution in [1.29, 1.82) is 0 Å². The van der Waals surface area contributed by atoms with Gasteiger partial charge in [0.1, 0.15) is 5.30 Å². The summed E-state index contributed by atoms with van der Waals surface area (Å²) in [5.41, 5.74) is 0. The van der Waals surface area contributed by atoms with Crippen molar-refractivity contribution in [3.05, 3.63) is 29.3 Å². The molecule has 1 aromatic carbocycles. The molecule has 1 fully saturated rings. The average molecular weight is 256 g/mol. The molecule has 0 amide bonds. The van der Waals surface area contributed by atoms with Crippen molar-refractivity contribution in [2.24, 2.45) is 0 Å². The molecule has 1 saturated heterocycles. The minimum absolute atomic E-state index is 0.0242. The second-order valence-electron chi connectivity index (χ2n) is 2.98. The summed E-state index contributed by atoms with van der Waals surface area (Å²) in [4.78, 5) is 0. The molecule has 16 heavy (non-hydrogen) atoms. The molecule has 3 nitrogen and oxygen atoms in total. The molecule has 8 heteroatoms. The van der Waals surface area contributed by atoms with Crippen LogP contribution in [-0.2, 0) is 13.6 Å². The third kappa shape index (κ3) is 1.65. The quantitative estimate of drug-likeness (QED) is 0.438. The van der Waals surface area contributed by atoms with Gasteiger partial charge in [-0.25, -0.2) is 17.6 Å². The van der Waals surface area contributed by atoms with E-state index in [0.29, 0.717) is 0 Å². The zero-order valence-corrected chi connectivity index (χ0v) is 8.57. The highest BCUT2D eigenvalue weighted by molar-refractivity contribution is 7.62. The second-order valence-corrected chi connectivity index (χ2v) is 4.94. The smallest absolute Gasteiger partial charge is 0.303 e. The summed E-state index contributed by atoms with van der Waals surface area (Å²) in [7, 11) is -4.28. The lowest BCUT2D eigenvalue weighted by Gasteiger charge is -2.12. The first-order chi connectivity index (χ1) is 7.46. The molecule has 1 aromatic rings. The van der Waals surface area contributed by atoms with E-state index >= 15 is 0 Å². The van der Waals surface area contributed by atoms with E-state index in [1.54, 1.807) is 0 Å². The molecule has 1 heterocycles. The molecule has 88 valence electrons. The summed E-state index contributed by atoms with van der Waals surface area (Å²) < 4.78 is 72.8. The van der Waals surface area contributed by atoms with E-state index < -0.39 is 36.2 Å². The Hall–Kier alpha value is -0.910. The van der Waals surface area contributed by atoms with Crippen LogP contribution in [0.5, 0.6) is 0 Å². The van der Waals surface area contributed by atoms with Gasteiger partial charge in [0.15, 0.2) is 23.3 Å². The third-order valence-electron chi connectivity index (χ3n) is 1.97. The summed E-state index contributed by atoms with van der Waals surface area (Å²) in [6, 6.07) is 0.0242. The van der Waals surface area contributed by atoms with Gasteiger partial charge < -0.3 is 9.05 Å². The van der Waals surface area contributed by atoms with Gasteiger partial charge >= 0.3 is 7.60 Å². The minimum atomic E-state index is -4.28. The molecule has 2 rings (SSSR count). The van der Waals surface area contributed by atoms with E-state index in [-0.39, 0.29) is 19.3 Å². The van der Waals surface area contributed by atoms with Gasteiger partial charge in [-0.3, -0.25) is 4.57 Å². The Labute approximate surface area is 87.5 Å². The Balaban J connectivity index is 2.68. The third-order valence-corrected chi connectivity index (χ3v) is 3.95. The average Bonchev–Trinajstić information content (AvgIpc) is 2.63. The van der Waals surface area contributed by atoms with E-state index in [9.17, 15) is 22.1 Å². The summed E-state index contributed by atoms with van der Waals surface area (Å²) in [6.07, 6.45) is 0. The maximum absolute atomic E-state index is 13.2. The summed E-state index contributed by atoms with van der Waals surface area (Å²) in [5.74, 6) is -6.82. The number of hydrogen-bond donors (Lipinski definition) is 0. The molecule has 0 N–H and O–H groups in total. The van der Waals surface area contributed by atoms with Crippen LogP contribution in [0.25, 0.3) is 0 Å². The van der Waals surface area contributed by atoms with Crippen LogP contribution in [0.4, 0.5) is 17.6 Å². The van der Waals surface area contributed by atoms with E-state index in [1.807, 2.05) is 0 Å². The van der Waals surface area contributed by atoms with Crippen LogP contribution in [0.3, 0.4) is 0 Å². The topological polar surface area (TPSA) is 35.5 Å². The van der Waals surface area contributed by atoms with E-state index in [0.717, 1.165) is 0 Å². The summed E-state index contributed by atoms with van der Waals surface area (Å²) >= 11 is 0. The number of rotatable bonds is 1. The normalized spacial score (nSPS) is 19.0. The highest BCUT2D eigenvalue weighted by Crippen LogP contribution is 2.51. The first kappa shape index (κ1) is 11.6. The molecular formula is C8H5F4O3P. The molecule has 0 saturated carbocycles. The van der Waals surface area contributed by atoms with Crippen molar-refractivity contribution in [2.45, 2.75) is 0 Å². The lowest BCUT2D eigenvalue weighted by atomic mass is 10.3. The highest BCUT2D eigenvalue weighted by Gasteiger charge is 2.40. The standard InChI is InChI=1S/C8H5F4O3P/c9-4-3-5(10)7(12)8(6(4)11)16(13)14-1-2-15-16/h3H,1-2H2. The summed E-state index contributed by atoms with van der Waals surface area (Å²) in [5, 5.41) is -1.32. The van der Waals surface area contributed by atoms with Crippen molar-refractivity contribution in [3.8, 4) is 0 Å². The van der Waals surface area contributed by atoms with Gasteiger partial charge in [0.2, 0.25) is 0 Å². The van der Waals surface area contributed by atoms with Crippen molar-refractivity contribution >= 4 is 12.9 Å². The fourth-order valence-electron chi connectivity index (χ4n) is 1.28. The molecule has 1 aliphatic rings. The molecule has 1 aliphatic heterocycles. The Morgan fingerprint density at radius 3 is 1.88 bits per heavy atom. The van der Waals surface area contributed by atoms with Crippen LogP contribution in [0.1, 0.15) is 0 Å². The van der Waals surface area contributed by atoms with Gasteiger partial charge in [-0.15, -0.1) is 0 Å². The van der Waals surface area contributed by atoms with Crippen molar-refractivity contribution < 1.29 is 31.2 Å². The van der Waals surface area contributed by atoms with Crippen molar-refractivity contribution in [2.75, 3.05) is 13.2 Å². The monoisotopic (exact) mass is 256 g/mol. The Morgan fingerprint density at radius 1 is 1.00 bits per heavy atom. The van der Waals surface area contributed by atoms with Crippen LogP contribution >= 0.6 is 7.60 Å². The molecule has 0 aromatic heterocycles. The van der Waals surface area contributed by atoms with E-state index in [4.69, 9.17) is 0 Å². The second kappa shape index (κ2) is 3.84. The van der Waals surface area contributed by atoms with Gasteiger partial charge in [-0.1, -0.05) is 0 Å². The van der Waals surface area contributed by atoms with Gasteiger partial charge in [0.05, 0.1) is 13.2 Å².